The number of carbonyl (C=O) groups is 1. The zero-order chi connectivity index (χ0) is 14.7. The third-order valence-electron chi connectivity index (χ3n) is 3.54. The van der Waals surface area contributed by atoms with Gasteiger partial charge >= 0.3 is 0 Å². The molecule has 2 atom stereocenters. The molecule has 2 N–H and O–H groups in total. The van der Waals surface area contributed by atoms with Crippen LogP contribution in [0.5, 0.6) is 0 Å². The number of aromatic nitrogens is 3. The van der Waals surface area contributed by atoms with Crippen molar-refractivity contribution in [1.82, 2.24) is 20.1 Å². The fraction of sp³-hybridized carbons (Fsp3) is 0.267. The number of carbonyl (C=O) groups excluding carboxylic acids is 1. The Morgan fingerprint density at radius 1 is 1.33 bits per heavy atom. The lowest BCUT2D eigenvalue weighted by Crippen LogP contribution is -2.32. The molecular formula is C15H16N4O2. The number of hydrogen-bond donors (Lipinski definition) is 2. The van der Waals surface area contributed by atoms with Crippen LogP contribution >= 0.6 is 0 Å². The Labute approximate surface area is 122 Å². The Hall–Kier alpha value is -2.47. The third-order valence-corrected chi connectivity index (χ3v) is 3.54. The lowest BCUT2D eigenvalue weighted by Gasteiger charge is -2.13. The summed E-state index contributed by atoms with van der Waals surface area (Å²) in [6, 6.07) is 7.16. The van der Waals surface area contributed by atoms with Gasteiger partial charge in [0.05, 0.1) is 5.69 Å². The zero-order valence-corrected chi connectivity index (χ0v) is 11.4. The molecule has 1 aliphatic rings. The monoisotopic (exact) mass is 284 g/mol. The quantitative estimate of drug-likeness (QED) is 0.819. The highest BCUT2D eigenvalue weighted by atomic mass is 16.3. The highest BCUT2D eigenvalue weighted by molar-refractivity contribution is 5.94. The Morgan fingerprint density at radius 3 is 2.76 bits per heavy atom. The van der Waals surface area contributed by atoms with Crippen LogP contribution in [-0.2, 0) is 0 Å². The summed E-state index contributed by atoms with van der Waals surface area (Å²) in [6.45, 7) is 0.121. The van der Waals surface area contributed by atoms with Crippen LogP contribution in [0.25, 0.3) is 5.69 Å². The molecule has 6 nitrogen and oxygen atoms in total. The zero-order valence-electron chi connectivity index (χ0n) is 11.4. The van der Waals surface area contributed by atoms with E-state index in [0.717, 1.165) is 12.1 Å². The SMILES string of the molecule is O=C(N[C@@H]1C=C[C@H](CO)C1)c1ccc(-n2cncn2)cc1. The number of amides is 1. The molecule has 1 heterocycles. The van der Waals surface area contributed by atoms with E-state index in [1.54, 1.807) is 23.1 Å². The first-order valence-electron chi connectivity index (χ1n) is 6.81. The van der Waals surface area contributed by atoms with E-state index in [9.17, 15) is 4.79 Å². The lowest BCUT2D eigenvalue weighted by molar-refractivity contribution is 0.0941. The van der Waals surface area contributed by atoms with E-state index in [1.807, 2.05) is 24.3 Å². The summed E-state index contributed by atoms with van der Waals surface area (Å²) in [4.78, 5) is 16.0. The van der Waals surface area contributed by atoms with Gasteiger partial charge in [-0.3, -0.25) is 4.79 Å². The minimum absolute atomic E-state index is 0.00959. The van der Waals surface area contributed by atoms with E-state index in [2.05, 4.69) is 15.4 Å². The van der Waals surface area contributed by atoms with Crippen LogP contribution in [0, 0.1) is 5.92 Å². The van der Waals surface area contributed by atoms with Gasteiger partial charge < -0.3 is 10.4 Å². The number of aliphatic hydroxyl groups is 1. The summed E-state index contributed by atoms with van der Waals surface area (Å²) in [5.74, 6) is 0.0263. The molecule has 1 aromatic heterocycles. The highest BCUT2D eigenvalue weighted by Gasteiger charge is 2.20. The molecule has 0 spiro atoms. The van der Waals surface area contributed by atoms with Gasteiger partial charge in [-0.25, -0.2) is 9.67 Å². The molecule has 0 bridgehead atoms. The third kappa shape index (κ3) is 3.00. The smallest absolute Gasteiger partial charge is 0.251 e. The fourth-order valence-corrected chi connectivity index (χ4v) is 2.38. The second kappa shape index (κ2) is 5.88. The first-order valence-corrected chi connectivity index (χ1v) is 6.81. The molecule has 6 heteroatoms. The van der Waals surface area contributed by atoms with E-state index < -0.39 is 0 Å². The Bertz CT molecular complexity index is 634. The van der Waals surface area contributed by atoms with Gasteiger partial charge in [0.2, 0.25) is 0 Å². The second-order valence-electron chi connectivity index (χ2n) is 5.03. The second-order valence-corrected chi connectivity index (χ2v) is 5.03. The van der Waals surface area contributed by atoms with Gasteiger partial charge in [-0.2, -0.15) is 5.10 Å². The first kappa shape index (κ1) is 13.5. The molecule has 0 unspecified atom stereocenters. The molecule has 0 saturated carbocycles. The van der Waals surface area contributed by atoms with Crippen molar-refractivity contribution < 1.29 is 9.90 Å². The highest BCUT2D eigenvalue weighted by Crippen LogP contribution is 2.17. The van der Waals surface area contributed by atoms with Crippen LogP contribution in [0.1, 0.15) is 16.8 Å². The van der Waals surface area contributed by atoms with Gasteiger partial charge in [0.15, 0.2) is 0 Å². The van der Waals surface area contributed by atoms with Crippen molar-refractivity contribution in [3.05, 3.63) is 54.6 Å². The van der Waals surface area contributed by atoms with Crippen LogP contribution in [0.4, 0.5) is 0 Å². The van der Waals surface area contributed by atoms with Gasteiger partial charge in [-0.05, 0) is 30.7 Å². The van der Waals surface area contributed by atoms with Crippen molar-refractivity contribution in [2.45, 2.75) is 12.5 Å². The maximum atomic E-state index is 12.2. The molecule has 0 saturated heterocycles. The molecule has 0 fully saturated rings. The van der Waals surface area contributed by atoms with Crippen LogP contribution in [-0.4, -0.2) is 38.4 Å². The van der Waals surface area contributed by atoms with E-state index in [1.165, 1.54) is 6.33 Å². The van der Waals surface area contributed by atoms with Crippen molar-refractivity contribution >= 4 is 5.91 Å². The van der Waals surface area contributed by atoms with Crippen molar-refractivity contribution in [3.8, 4) is 5.69 Å². The molecule has 3 rings (SSSR count). The maximum absolute atomic E-state index is 12.2. The minimum atomic E-state index is -0.117. The van der Waals surface area contributed by atoms with Crippen molar-refractivity contribution in [3.63, 3.8) is 0 Å². The Morgan fingerprint density at radius 2 is 2.14 bits per heavy atom. The average molecular weight is 284 g/mol. The predicted octanol–water partition coefficient (Wildman–Crippen LogP) is 0.934. The fourth-order valence-electron chi connectivity index (χ4n) is 2.38. The number of benzene rings is 1. The Balaban J connectivity index is 1.64. The van der Waals surface area contributed by atoms with Crippen LogP contribution in [0.3, 0.4) is 0 Å². The number of rotatable bonds is 4. The van der Waals surface area contributed by atoms with Crippen molar-refractivity contribution in [2.75, 3.05) is 6.61 Å². The molecule has 21 heavy (non-hydrogen) atoms. The topological polar surface area (TPSA) is 80.0 Å². The number of nitrogens with one attached hydrogen (secondary N) is 1. The lowest BCUT2D eigenvalue weighted by atomic mass is 10.1. The summed E-state index contributed by atoms with van der Waals surface area (Å²) in [7, 11) is 0. The van der Waals surface area contributed by atoms with Gasteiger partial charge in [-0.15, -0.1) is 0 Å². The largest absolute Gasteiger partial charge is 0.396 e. The number of hydrogen-bond acceptors (Lipinski definition) is 4. The normalized spacial score (nSPS) is 20.6. The predicted molar refractivity (Wildman–Crippen MR) is 76.9 cm³/mol. The molecule has 1 amide bonds. The van der Waals surface area contributed by atoms with E-state index in [-0.39, 0.29) is 24.5 Å². The van der Waals surface area contributed by atoms with Gasteiger partial charge in [0, 0.05) is 24.1 Å². The van der Waals surface area contributed by atoms with Gasteiger partial charge in [0.1, 0.15) is 12.7 Å². The maximum Gasteiger partial charge on any atom is 0.251 e. The molecule has 108 valence electrons. The summed E-state index contributed by atoms with van der Waals surface area (Å²) < 4.78 is 1.63. The van der Waals surface area contributed by atoms with Crippen LogP contribution in [0.15, 0.2) is 49.1 Å². The molecule has 2 aromatic rings. The van der Waals surface area contributed by atoms with E-state index in [4.69, 9.17) is 5.11 Å². The average Bonchev–Trinajstić information content (AvgIpc) is 3.19. The van der Waals surface area contributed by atoms with Crippen molar-refractivity contribution in [2.24, 2.45) is 5.92 Å². The Kier molecular flexibility index (Phi) is 3.79. The van der Waals surface area contributed by atoms with E-state index in [0.29, 0.717) is 5.56 Å². The molecule has 0 aliphatic heterocycles. The number of aliphatic hydroxyl groups excluding tert-OH is 1. The molecular weight excluding hydrogens is 268 g/mol. The number of nitrogens with zero attached hydrogens (tertiary/aromatic N) is 3. The first-order chi connectivity index (χ1) is 10.3. The molecule has 0 radical (unpaired) electrons. The molecule has 1 aliphatic carbocycles. The summed E-state index contributed by atoms with van der Waals surface area (Å²) in [6.07, 6.45) is 7.69. The van der Waals surface area contributed by atoms with Gasteiger partial charge in [0.25, 0.3) is 5.91 Å². The summed E-state index contributed by atoms with van der Waals surface area (Å²) in [5.41, 5.74) is 1.45. The summed E-state index contributed by atoms with van der Waals surface area (Å²) >= 11 is 0. The molecule has 1 aromatic carbocycles. The van der Waals surface area contributed by atoms with E-state index >= 15 is 0 Å². The minimum Gasteiger partial charge on any atom is -0.396 e. The van der Waals surface area contributed by atoms with Crippen LogP contribution < -0.4 is 5.32 Å². The standard InChI is InChI=1S/C15H16N4O2/c20-8-11-1-4-13(7-11)18-15(21)12-2-5-14(6-3-12)19-10-16-9-17-19/h1-6,9-11,13,20H,7-8H2,(H,18,21)/t11-,13+/m0/s1. The van der Waals surface area contributed by atoms with Crippen molar-refractivity contribution in [1.29, 1.82) is 0 Å². The summed E-state index contributed by atoms with van der Waals surface area (Å²) in [5, 5.41) is 16.1. The van der Waals surface area contributed by atoms with Gasteiger partial charge in [-0.1, -0.05) is 12.2 Å². The van der Waals surface area contributed by atoms with Crippen LogP contribution in [0.2, 0.25) is 0 Å².